The topological polar surface area (TPSA) is 47.6 Å². The van der Waals surface area contributed by atoms with Gasteiger partial charge < -0.3 is 14.8 Å². The fourth-order valence-corrected chi connectivity index (χ4v) is 2.12. The molecule has 0 aromatic heterocycles. The molecule has 5 heteroatoms. The van der Waals surface area contributed by atoms with E-state index >= 15 is 0 Å². The Hall–Kier alpha value is -2.82. The Bertz CT molecular complexity index is 726. The maximum Gasteiger partial charge on any atom is 0.187 e. The summed E-state index contributed by atoms with van der Waals surface area (Å²) in [7, 11) is 1.41. The smallest absolute Gasteiger partial charge is 0.187 e. The number of hydrogen-bond donors (Lipinski definition) is 1. The summed E-state index contributed by atoms with van der Waals surface area (Å²) in [6.45, 7) is 2.78. The van der Waals surface area contributed by atoms with Gasteiger partial charge in [0, 0.05) is 29.6 Å². The van der Waals surface area contributed by atoms with Crippen LogP contribution < -0.4 is 14.8 Å². The summed E-state index contributed by atoms with van der Waals surface area (Å²) in [6.07, 6.45) is 4.96. The van der Waals surface area contributed by atoms with E-state index in [2.05, 4.69) is 12.2 Å². The van der Waals surface area contributed by atoms with Crippen LogP contribution in [0.2, 0.25) is 0 Å². The zero-order chi connectivity index (χ0) is 18.1. The average molecular weight is 343 g/mol. The fraction of sp³-hybridized carbons (Fsp3) is 0.250. The second-order valence-electron chi connectivity index (χ2n) is 5.42. The first-order chi connectivity index (χ1) is 12.1. The first-order valence-corrected chi connectivity index (χ1v) is 8.18. The van der Waals surface area contributed by atoms with Crippen molar-refractivity contribution in [3.05, 3.63) is 66.1 Å². The summed E-state index contributed by atoms with van der Waals surface area (Å²) >= 11 is 0. The zero-order valence-corrected chi connectivity index (χ0v) is 14.4. The summed E-state index contributed by atoms with van der Waals surface area (Å²) in [6, 6.07) is 11.5. The molecule has 0 spiro atoms. The lowest BCUT2D eigenvalue weighted by molar-refractivity contribution is 0.104. The molecule has 0 amide bonds. The first-order valence-electron chi connectivity index (χ1n) is 8.18. The third kappa shape index (κ3) is 5.64. The molecule has 0 aliphatic rings. The van der Waals surface area contributed by atoms with Gasteiger partial charge in [-0.15, -0.1) is 0 Å². The van der Waals surface area contributed by atoms with Crippen LogP contribution in [0.15, 0.2) is 54.7 Å². The normalized spacial score (nSPS) is 10.7. The number of ether oxygens (including phenoxy) is 2. The van der Waals surface area contributed by atoms with Crippen LogP contribution in [0.4, 0.5) is 10.1 Å². The molecule has 1 N–H and O–H groups in total. The van der Waals surface area contributed by atoms with Crippen molar-refractivity contribution >= 4 is 11.5 Å². The summed E-state index contributed by atoms with van der Waals surface area (Å²) < 4.78 is 24.0. The molecule has 0 aliphatic heterocycles. The molecule has 132 valence electrons. The molecule has 2 aromatic carbocycles. The Balaban J connectivity index is 1.90. The number of benzene rings is 2. The molecule has 0 aliphatic carbocycles. The largest absolute Gasteiger partial charge is 0.494 e. The number of anilines is 1. The van der Waals surface area contributed by atoms with Crippen LogP contribution >= 0.6 is 0 Å². The van der Waals surface area contributed by atoms with Gasteiger partial charge in [-0.25, -0.2) is 4.39 Å². The maximum atomic E-state index is 13.6. The third-order valence-corrected chi connectivity index (χ3v) is 3.54. The molecule has 0 radical (unpaired) electrons. The summed E-state index contributed by atoms with van der Waals surface area (Å²) in [5.74, 6) is 0.306. The van der Waals surface area contributed by atoms with Crippen LogP contribution in [0.1, 0.15) is 30.1 Å². The van der Waals surface area contributed by atoms with E-state index in [1.165, 1.54) is 31.5 Å². The van der Waals surface area contributed by atoms with E-state index in [9.17, 15) is 9.18 Å². The number of hydrogen-bond acceptors (Lipinski definition) is 4. The van der Waals surface area contributed by atoms with Crippen molar-refractivity contribution in [3.8, 4) is 11.5 Å². The summed E-state index contributed by atoms with van der Waals surface area (Å²) in [5.41, 5.74) is 1.09. The highest BCUT2D eigenvalue weighted by Gasteiger charge is 2.04. The molecule has 0 saturated carbocycles. The number of unbranched alkanes of at least 4 members (excludes halogenated alkanes) is 1. The number of rotatable bonds is 9. The molecular weight excluding hydrogens is 321 g/mol. The van der Waals surface area contributed by atoms with Gasteiger partial charge in [0.05, 0.1) is 13.7 Å². The van der Waals surface area contributed by atoms with Crippen LogP contribution in [0.3, 0.4) is 0 Å². The van der Waals surface area contributed by atoms with E-state index < -0.39 is 5.82 Å². The van der Waals surface area contributed by atoms with E-state index in [1.807, 2.05) is 0 Å². The minimum Gasteiger partial charge on any atom is -0.494 e. The highest BCUT2D eigenvalue weighted by molar-refractivity contribution is 6.04. The van der Waals surface area contributed by atoms with Crippen LogP contribution in [-0.4, -0.2) is 19.5 Å². The minimum atomic E-state index is -0.467. The van der Waals surface area contributed by atoms with Gasteiger partial charge in [0.25, 0.3) is 0 Å². The monoisotopic (exact) mass is 343 g/mol. The van der Waals surface area contributed by atoms with Crippen LogP contribution in [0.25, 0.3) is 0 Å². The SMILES string of the molecule is CCCCOc1ccc(C(=O)/C=C/Nc2ccc(OC)c(F)c2)cc1. The Labute approximate surface area is 147 Å². The molecule has 2 rings (SSSR count). The van der Waals surface area contributed by atoms with Gasteiger partial charge in [0.15, 0.2) is 17.3 Å². The summed E-state index contributed by atoms with van der Waals surface area (Å²) in [5, 5.41) is 2.86. The lowest BCUT2D eigenvalue weighted by atomic mass is 10.1. The van der Waals surface area contributed by atoms with E-state index in [4.69, 9.17) is 9.47 Å². The van der Waals surface area contributed by atoms with Crippen molar-refractivity contribution < 1.29 is 18.7 Å². The van der Waals surface area contributed by atoms with Crippen LogP contribution in [0.5, 0.6) is 11.5 Å². The number of allylic oxidation sites excluding steroid dienone is 1. The van der Waals surface area contributed by atoms with Crippen molar-refractivity contribution in [1.29, 1.82) is 0 Å². The lowest BCUT2D eigenvalue weighted by Crippen LogP contribution is -1.99. The number of carbonyl (C=O) groups excluding carboxylic acids is 1. The van der Waals surface area contributed by atoms with E-state index in [-0.39, 0.29) is 11.5 Å². The van der Waals surface area contributed by atoms with Crippen molar-refractivity contribution in [3.63, 3.8) is 0 Å². The Morgan fingerprint density at radius 2 is 1.96 bits per heavy atom. The molecule has 25 heavy (non-hydrogen) atoms. The third-order valence-electron chi connectivity index (χ3n) is 3.54. The highest BCUT2D eigenvalue weighted by atomic mass is 19.1. The molecular formula is C20H22FNO3. The Morgan fingerprint density at radius 1 is 1.20 bits per heavy atom. The second-order valence-corrected chi connectivity index (χ2v) is 5.42. The quantitative estimate of drug-likeness (QED) is 0.403. The molecule has 0 heterocycles. The predicted molar refractivity (Wildman–Crippen MR) is 96.9 cm³/mol. The van der Waals surface area contributed by atoms with Gasteiger partial charge in [0.1, 0.15) is 5.75 Å². The minimum absolute atomic E-state index is 0.151. The molecule has 2 aromatic rings. The fourth-order valence-electron chi connectivity index (χ4n) is 2.12. The molecule has 0 unspecified atom stereocenters. The molecule has 0 saturated heterocycles. The van der Waals surface area contributed by atoms with Gasteiger partial charge in [-0.1, -0.05) is 13.3 Å². The summed E-state index contributed by atoms with van der Waals surface area (Å²) in [4.78, 5) is 12.1. The van der Waals surface area contributed by atoms with Crippen molar-refractivity contribution in [2.45, 2.75) is 19.8 Å². The Kier molecular flexibility index (Phi) is 7.01. The molecule has 0 atom stereocenters. The molecule has 4 nitrogen and oxygen atoms in total. The first kappa shape index (κ1) is 18.5. The van der Waals surface area contributed by atoms with Crippen LogP contribution in [0, 0.1) is 5.82 Å². The van der Waals surface area contributed by atoms with E-state index in [1.54, 1.807) is 30.3 Å². The Morgan fingerprint density at radius 3 is 2.60 bits per heavy atom. The van der Waals surface area contributed by atoms with Crippen molar-refractivity contribution in [1.82, 2.24) is 0 Å². The average Bonchev–Trinajstić information content (AvgIpc) is 2.62. The number of carbonyl (C=O) groups is 1. The number of nitrogens with one attached hydrogen (secondary N) is 1. The predicted octanol–water partition coefficient (Wildman–Crippen LogP) is 4.82. The zero-order valence-electron chi connectivity index (χ0n) is 14.4. The van der Waals surface area contributed by atoms with E-state index in [0.717, 1.165) is 18.6 Å². The number of ketones is 1. The van der Waals surface area contributed by atoms with Crippen LogP contribution in [-0.2, 0) is 0 Å². The highest BCUT2D eigenvalue weighted by Crippen LogP contribution is 2.20. The van der Waals surface area contributed by atoms with Crippen molar-refractivity contribution in [2.24, 2.45) is 0 Å². The number of halogens is 1. The number of methoxy groups -OCH3 is 1. The van der Waals surface area contributed by atoms with E-state index in [0.29, 0.717) is 17.9 Å². The standard InChI is InChI=1S/C20H22FNO3/c1-3-4-13-25-17-8-5-15(6-9-17)19(23)11-12-22-16-7-10-20(24-2)18(21)14-16/h5-12,14,22H,3-4,13H2,1-2H3/b12-11+. The second kappa shape index (κ2) is 9.47. The van der Waals surface area contributed by atoms with Gasteiger partial charge in [0.2, 0.25) is 0 Å². The molecule has 0 bridgehead atoms. The van der Waals surface area contributed by atoms with Gasteiger partial charge in [-0.3, -0.25) is 4.79 Å². The lowest BCUT2D eigenvalue weighted by Gasteiger charge is -2.06. The maximum absolute atomic E-state index is 13.6. The molecule has 0 fully saturated rings. The van der Waals surface area contributed by atoms with Gasteiger partial charge in [-0.2, -0.15) is 0 Å². The van der Waals surface area contributed by atoms with Crippen molar-refractivity contribution in [2.75, 3.05) is 19.0 Å². The van der Waals surface area contributed by atoms with Gasteiger partial charge >= 0.3 is 0 Å². The van der Waals surface area contributed by atoms with Gasteiger partial charge in [-0.05, 0) is 42.8 Å².